The van der Waals surface area contributed by atoms with Crippen LogP contribution in [0.2, 0.25) is 5.02 Å². The van der Waals surface area contributed by atoms with E-state index in [0.717, 1.165) is 5.56 Å². The molecule has 0 aliphatic carbocycles. The number of nitrogens with zero attached hydrogens (tertiary/aromatic N) is 2. The minimum Gasteiger partial charge on any atom is -0.497 e. The second-order valence-electron chi connectivity index (χ2n) is 4.95. The maximum atomic E-state index is 12.1. The summed E-state index contributed by atoms with van der Waals surface area (Å²) in [5, 5.41) is 7.01. The van der Waals surface area contributed by atoms with Crippen LogP contribution in [0.5, 0.6) is 5.75 Å². The fourth-order valence-electron chi connectivity index (χ4n) is 2.10. The summed E-state index contributed by atoms with van der Waals surface area (Å²) in [7, 11) is 1.58. The van der Waals surface area contributed by atoms with Crippen LogP contribution >= 0.6 is 11.6 Å². The molecule has 1 heterocycles. The second kappa shape index (κ2) is 7.14. The van der Waals surface area contributed by atoms with Crippen molar-refractivity contribution in [1.29, 1.82) is 0 Å². The van der Waals surface area contributed by atoms with Crippen molar-refractivity contribution in [2.45, 2.75) is 6.42 Å². The summed E-state index contributed by atoms with van der Waals surface area (Å²) in [6.45, 7) is 0. The molecule has 1 amide bonds. The molecular formula is C17H14ClN3O3. The van der Waals surface area contributed by atoms with Gasteiger partial charge in [0.2, 0.25) is 5.91 Å². The van der Waals surface area contributed by atoms with Crippen molar-refractivity contribution >= 4 is 23.2 Å². The van der Waals surface area contributed by atoms with Gasteiger partial charge in [-0.15, -0.1) is 0 Å². The summed E-state index contributed by atoms with van der Waals surface area (Å²) in [6, 6.07) is 14.2. The predicted molar refractivity (Wildman–Crippen MR) is 90.1 cm³/mol. The molecule has 0 spiro atoms. The number of nitrogens with one attached hydrogen (secondary N) is 1. The Morgan fingerprint density at radius 1 is 1.25 bits per heavy atom. The molecule has 6 nitrogen and oxygen atoms in total. The molecule has 0 aliphatic rings. The molecule has 0 saturated heterocycles. The van der Waals surface area contributed by atoms with Crippen LogP contribution in [0.1, 0.15) is 5.82 Å². The van der Waals surface area contributed by atoms with Crippen LogP contribution in [0, 0.1) is 0 Å². The number of hydrogen-bond acceptors (Lipinski definition) is 5. The number of ether oxygens (including phenoxy) is 1. The summed E-state index contributed by atoms with van der Waals surface area (Å²) in [4.78, 5) is 16.3. The number of carbonyl (C=O) groups is 1. The van der Waals surface area contributed by atoms with Crippen molar-refractivity contribution in [3.8, 4) is 17.2 Å². The molecule has 0 unspecified atom stereocenters. The van der Waals surface area contributed by atoms with Crippen molar-refractivity contribution in [1.82, 2.24) is 10.1 Å². The summed E-state index contributed by atoms with van der Waals surface area (Å²) in [5.41, 5.74) is 1.26. The van der Waals surface area contributed by atoms with E-state index >= 15 is 0 Å². The highest BCUT2D eigenvalue weighted by Gasteiger charge is 2.13. The van der Waals surface area contributed by atoms with E-state index in [1.165, 1.54) is 0 Å². The second-order valence-corrected chi connectivity index (χ2v) is 5.36. The Morgan fingerprint density at radius 3 is 2.88 bits per heavy atom. The van der Waals surface area contributed by atoms with Gasteiger partial charge in [0.05, 0.1) is 24.2 Å². The predicted octanol–water partition coefficient (Wildman–Crippen LogP) is 3.58. The fourth-order valence-corrected chi connectivity index (χ4v) is 2.28. The Bertz CT molecular complexity index is 864. The molecule has 0 aliphatic heterocycles. The number of para-hydroxylation sites is 1. The molecule has 0 atom stereocenters. The first kappa shape index (κ1) is 16.0. The number of anilines is 1. The summed E-state index contributed by atoms with van der Waals surface area (Å²) < 4.78 is 10.4. The third-order valence-electron chi connectivity index (χ3n) is 3.25. The number of aromatic nitrogens is 2. The Kier molecular flexibility index (Phi) is 4.77. The topological polar surface area (TPSA) is 77.2 Å². The number of rotatable bonds is 5. The molecule has 0 fully saturated rings. The van der Waals surface area contributed by atoms with E-state index in [2.05, 4.69) is 15.5 Å². The average Bonchev–Trinajstić information content (AvgIpc) is 3.05. The maximum absolute atomic E-state index is 12.1. The standard InChI is InChI=1S/C17H14ClN3O3/c1-23-12-6-4-5-11(9-12)17-20-15(21-24-17)10-16(22)19-14-8-3-2-7-13(14)18/h2-9H,10H2,1H3,(H,19,22). The first-order chi connectivity index (χ1) is 11.7. The monoisotopic (exact) mass is 343 g/mol. The zero-order chi connectivity index (χ0) is 16.9. The molecule has 3 rings (SSSR count). The van der Waals surface area contributed by atoms with Gasteiger partial charge in [-0.25, -0.2) is 0 Å². The van der Waals surface area contributed by atoms with E-state index in [1.54, 1.807) is 37.4 Å². The Balaban J connectivity index is 1.69. The van der Waals surface area contributed by atoms with Gasteiger partial charge in [-0.3, -0.25) is 4.79 Å². The van der Waals surface area contributed by atoms with Gasteiger partial charge in [0.15, 0.2) is 5.82 Å². The molecule has 24 heavy (non-hydrogen) atoms. The lowest BCUT2D eigenvalue weighted by Gasteiger charge is -2.04. The van der Waals surface area contributed by atoms with Crippen LogP contribution in [-0.4, -0.2) is 23.2 Å². The molecule has 1 aromatic heterocycles. The zero-order valence-electron chi connectivity index (χ0n) is 12.8. The van der Waals surface area contributed by atoms with E-state index in [0.29, 0.717) is 22.4 Å². The molecule has 0 radical (unpaired) electrons. The van der Waals surface area contributed by atoms with Crippen LogP contribution in [0.25, 0.3) is 11.5 Å². The number of amides is 1. The number of hydrogen-bond donors (Lipinski definition) is 1. The van der Waals surface area contributed by atoms with Crippen molar-refractivity contribution in [2.24, 2.45) is 0 Å². The molecule has 122 valence electrons. The van der Waals surface area contributed by atoms with Crippen LogP contribution in [0.15, 0.2) is 53.1 Å². The average molecular weight is 344 g/mol. The highest BCUT2D eigenvalue weighted by atomic mass is 35.5. The van der Waals surface area contributed by atoms with E-state index in [4.69, 9.17) is 20.9 Å². The fraction of sp³-hybridized carbons (Fsp3) is 0.118. The highest BCUT2D eigenvalue weighted by molar-refractivity contribution is 6.33. The van der Waals surface area contributed by atoms with E-state index in [-0.39, 0.29) is 18.2 Å². The van der Waals surface area contributed by atoms with Crippen molar-refractivity contribution in [2.75, 3.05) is 12.4 Å². The molecule has 0 bridgehead atoms. The Hall–Kier alpha value is -2.86. The molecule has 3 aromatic rings. The van der Waals surface area contributed by atoms with Gasteiger partial charge >= 0.3 is 0 Å². The van der Waals surface area contributed by atoms with Gasteiger partial charge in [-0.05, 0) is 30.3 Å². The summed E-state index contributed by atoms with van der Waals surface area (Å²) >= 11 is 6.01. The number of halogens is 1. The van der Waals surface area contributed by atoms with Crippen LogP contribution in [0.4, 0.5) is 5.69 Å². The van der Waals surface area contributed by atoms with E-state index < -0.39 is 0 Å². The van der Waals surface area contributed by atoms with Crippen LogP contribution < -0.4 is 10.1 Å². The molecule has 2 aromatic carbocycles. The Labute approximate surface area is 143 Å². The molecule has 0 saturated carbocycles. The highest BCUT2D eigenvalue weighted by Crippen LogP contribution is 2.23. The lowest BCUT2D eigenvalue weighted by atomic mass is 10.2. The maximum Gasteiger partial charge on any atom is 0.258 e. The third-order valence-corrected chi connectivity index (χ3v) is 3.58. The van der Waals surface area contributed by atoms with E-state index in [9.17, 15) is 4.79 Å². The SMILES string of the molecule is COc1cccc(-c2nc(CC(=O)Nc3ccccc3Cl)no2)c1. The largest absolute Gasteiger partial charge is 0.497 e. The zero-order valence-corrected chi connectivity index (χ0v) is 13.6. The Morgan fingerprint density at radius 2 is 2.08 bits per heavy atom. The van der Waals surface area contributed by atoms with Gasteiger partial charge in [0.1, 0.15) is 5.75 Å². The lowest BCUT2D eigenvalue weighted by Crippen LogP contribution is -2.15. The van der Waals surface area contributed by atoms with Crippen molar-refractivity contribution in [3.05, 3.63) is 59.4 Å². The number of methoxy groups -OCH3 is 1. The number of benzene rings is 2. The smallest absolute Gasteiger partial charge is 0.258 e. The first-order valence-electron chi connectivity index (χ1n) is 7.17. The van der Waals surface area contributed by atoms with Crippen LogP contribution in [0.3, 0.4) is 0 Å². The van der Waals surface area contributed by atoms with Crippen molar-refractivity contribution < 1.29 is 14.1 Å². The van der Waals surface area contributed by atoms with Gasteiger partial charge in [0.25, 0.3) is 5.89 Å². The minimum absolute atomic E-state index is 0.0152. The molecule has 7 heteroatoms. The van der Waals surface area contributed by atoms with Crippen LogP contribution in [-0.2, 0) is 11.2 Å². The summed E-state index contributed by atoms with van der Waals surface area (Å²) in [6.07, 6.45) is -0.0152. The lowest BCUT2D eigenvalue weighted by molar-refractivity contribution is -0.115. The van der Waals surface area contributed by atoms with Gasteiger partial charge in [0, 0.05) is 5.56 Å². The van der Waals surface area contributed by atoms with Gasteiger partial charge < -0.3 is 14.6 Å². The quantitative estimate of drug-likeness (QED) is 0.766. The first-order valence-corrected chi connectivity index (χ1v) is 7.55. The molecular weight excluding hydrogens is 330 g/mol. The van der Waals surface area contributed by atoms with Crippen molar-refractivity contribution in [3.63, 3.8) is 0 Å². The van der Waals surface area contributed by atoms with Gasteiger partial charge in [-0.1, -0.05) is 35.0 Å². The summed E-state index contributed by atoms with van der Waals surface area (Å²) in [5.74, 6) is 1.02. The van der Waals surface area contributed by atoms with Gasteiger partial charge in [-0.2, -0.15) is 4.98 Å². The normalized spacial score (nSPS) is 10.4. The third kappa shape index (κ3) is 3.72. The molecule has 1 N–H and O–H groups in total. The number of carbonyl (C=O) groups excluding carboxylic acids is 1. The van der Waals surface area contributed by atoms with E-state index in [1.807, 2.05) is 18.2 Å². The minimum atomic E-state index is -0.277.